The van der Waals surface area contributed by atoms with E-state index >= 15 is 0 Å². The van der Waals surface area contributed by atoms with E-state index in [4.69, 9.17) is 0 Å². The fraction of sp³-hybridized carbons (Fsp3) is 0.188. The van der Waals surface area contributed by atoms with E-state index in [9.17, 15) is 0 Å². The number of aromatic nitrogens is 4. The Kier molecular flexibility index (Phi) is 3.07. The van der Waals surface area contributed by atoms with Crippen LogP contribution in [0.3, 0.4) is 0 Å². The minimum absolute atomic E-state index is 0.519. The summed E-state index contributed by atoms with van der Waals surface area (Å²) in [6, 6.07) is 12.1. The monoisotopic (exact) mass is 340 g/mol. The van der Waals surface area contributed by atoms with E-state index in [2.05, 4.69) is 43.1 Å². The van der Waals surface area contributed by atoms with Crippen molar-refractivity contribution in [2.75, 3.05) is 0 Å². The van der Waals surface area contributed by atoms with Gasteiger partial charge in [0.05, 0.1) is 6.20 Å². The molecule has 3 aromatic rings. The van der Waals surface area contributed by atoms with Crippen LogP contribution in [0, 0.1) is 0 Å². The summed E-state index contributed by atoms with van der Waals surface area (Å²) in [5.41, 5.74) is 2.23. The standard InChI is InChI=1S/C16H13BrN4/c17-14-8-15(20-16(19-14)12-6-7-12)21-10-13(9-18-21)11-4-2-1-3-5-11/h1-5,8-10,12H,6-7H2. The molecule has 0 atom stereocenters. The Balaban J connectivity index is 1.72. The Morgan fingerprint density at radius 1 is 1.05 bits per heavy atom. The molecule has 0 saturated heterocycles. The molecule has 5 heteroatoms. The molecular weight excluding hydrogens is 328 g/mol. The summed E-state index contributed by atoms with van der Waals surface area (Å²) < 4.78 is 2.62. The Labute approximate surface area is 131 Å². The van der Waals surface area contributed by atoms with Gasteiger partial charge in [0.1, 0.15) is 10.4 Å². The van der Waals surface area contributed by atoms with Gasteiger partial charge in [-0.3, -0.25) is 0 Å². The summed E-state index contributed by atoms with van der Waals surface area (Å²) in [5, 5.41) is 4.43. The topological polar surface area (TPSA) is 43.6 Å². The van der Waals surface area contributed by atoms with Crippen LogP contribution in [0.5, 0.6) is 0 Å². The van der Waals surface area contributed by atoms with Gasteiger partial charge in [-0.05, 0) is 34.3 Å². The lowest BCUT2D eigenvalue weighted by Gasteiger charge is -2.04. The van der Waals surface area contributed by atoms with Crippen molar-refractivity contribution >= 4 is 15.9 Å². The Bertz CT molecular complexity index is 778. The van der Waals surface area contributed by atoms with Crippen molar-refractivity contribution in [1.29, 1.82) is 0 Å². The minimum atomic E-state index is 0.519. The zero-order valence-electron chi connectivity index (χ0n) is 11.3. The van der Waals surface area contributed by atoms with Crippen molar-refractivity contribution in [2.24, 2.45) is 0 Å². The molecule has 0 spiro atoms. The van der Waals surface area contributed by atoms with E-state index in [1.807, 2.05) is 36.7 Å². The van der Waals surface area contributed by atoms with E-state index in [0.29, 0.717) is 5.92 Å². The van der Waals surface area contributed by atoms with Crippen LogP contribution >= 0.6 is 15.9 Å². The molecule has 0 N–H and O–H groups in total. The number of nitrogens with zero attached hydrogens (tertiary/aromatic N) is 4. The zero-order valence-corrected chi connectivity index (χ0v) is 12.9. The van der Waals surface area contributed by atoms with Crippen LogP contribution in [0.15, 0.2) is 53.4 Å². The van der Waals surface area contributed by atoms with Gasteiger partial charge in [0.25, 0.3) is 0 Å². The molecule has 2 heterocycles. The number of hydrogen-bond donors (Lipinski definition) is 0. The molecule has 0 unspecified atom stereocenters. The molecule has 104 valence electrons. The van der Waals surface area contributed by atoms with Gasteiger partial charge in [-0.25, -0.2) is 14.6 Å². The van der Waals surface area contributed by atoms with E-state index in [0.717, 1.165) is 27.4 Å². The first-order chi connectivity index (χ1) is 10.3. The van der Waals surface area contributed by atoms with Gasteiger partial charge in [0.2, 0.25) is 0 Å². The van der Waals surface area contributed by atoms with Gasteiger partial charge in [0, 0.05) is 23.7 Å². The largest absolute Gasteiger partial charge is 0.226 e. The van der Waals surface area contributed by atoms with Crippen molar-refractivity contribution in [3.63, 3.8) is 0 Å². The first-order valence-corrected chi connectivity index (χ1v) is 7.74. The van der Waals surface area contributed by atoms with Crippen molar-refractivity contribution < 1.29 is 0 Å². The second-order valence-electron chi connectivity index (χ2n) is 5.22. The highest BCUT2D eigenvalue weighted by atomic mass is 79.9. The second-order valence-corrected chi connectivity index (χ2v) is 6.03. The van der Waals surface area contributed by atoms with Crippen molar-refractivity contribution in [1.82, 2.24) is 19.7 Å². The maximum atomic E-state index is 4.63. The van der Waals surface area contributed by atoms with Crippen LogP contribution in [-0.2, 0) is 0 Å². The highest BCUT2D eigenvalue weighted by Crippen LogP contribution is 2.38. The van der Waals surface area contributed by atoms with E-state index < -0.39 is 0 Å². The average molecular weight is 341 g/mol. The smallest absolute Gasteiger partial charge is 0.158 e. The summed E-state index contributed by atoms with van der Waals surface area (Å²) in [6.45, 7) is 0. The highest BCUT2D eigenvalue weighted by Gasteiger charge is 2.27. The number of benzene rings is 1. The SMILES string of the molecule is Brc1cc(-n2cc(-c3ccccc3)cn2)nc(C2CC2)n1. The molecule has 1 aliphatic carbocycles. The van der Waals surface area contributed by atoms with Crippen molar-refractivity contribution in [3.8, 4) is 16.9 Å². The lowest BCUT2D eigenvalue weighted by Crippen LogP contribution is -2.02. The lowest BCUT2D eigenvalue weighted by molar-refractivity contribution is 0.805. The number of rotatable bonds is 3. The van der Waals surface area contributed by atoms with Crippen LogP contribution in [0.2, 0.25) is 0 Å². The maximum Gasteiger partial charge on any atom is 0.158 e. The molecule has 1 fully saturated rings. The molecule has 0 aliphatic heterocycles. The zero-order chi connectivity index (χ0) is 14.2. The number of halogens is 1. The Morgan fingerprint density at radius 2 is 1.86 bits per heavy atom. The van der Waals surface area contributed by atoms with Crippen molar-refractivity contribution in [3.05, 3.63) is 59.2 Å². The quantitative estimate of drug-likeness (QED) is 0.677. The molecule has 4 rings (SSSR count). The third-order valence-electron chi connectivity index (χ3n) is 3.57. The molecule has 0 amide bonds. The molecular formula is C16H13BrN4. The molecule has 2 aromatic heterocycles. The predicted octanol–water partition coefficient (Wildman–Crippen LogP) is 3.97. The highest BCUT2D eigenvalue weighted by molar-refractivity contribution is 9.10. The molecule has 21 heavy (non-hydrogen) atoms. The van der Waals surface area contributed by atoms with Crippen molar-refractivity contribution in [2.45, 2.75) is 18.8 Å². The van der Waals surface area contributed by atoms with E-state index in [1.54, 1.807) is 4.68 Å². The summed E-state index contributed by atoms with van der Waals surface area (Å²) in [7, 11) is 0. The summed E-state index contributed by atoms with van der Waals surface area (Å²) in [4.78, 5) is 9.08. The normalized spacial score (nSPS) is 14.3. The molecule has 0 bridgehead atoms. The van der Waals surface area contributed by atoms with Gasteiger partial charge in [-0.2, -0.15) is 5.10 Å². The second kappa shape index (κ2) is 5.07. The molecule has 1 aliphatic rings. The fourth-order valence-electron chi connectivity index (χ4n) is 2.29. The molecule has 0 radical (unpaired) electrons. The minimum Gasteiger partial charge on any atom is -0.226 e. The van der Waals surface area contributed by atoms with E-state index in [-0.39, 0.29) is 0 Å². The van der Waals surface area contributed by atoms with Crippen LogP contribution in [0.4, 0.5) is 0 Å². The molecule has 1 saturated carbocycles. The molecule has 4 nitrogen and oxygen atoms in total. The van der Waals surface area contributed by atoms with Gasteiger partial charge in [0.15, 0.2) is 5.82 Å². The first-order valence-electron chi connectivity index (χ1n) is 6.94. The van der Waals surface area contributed by atoms with Gasteiger partial charge < -0.3 is 0 Å². The maximum absolute atomic E-state index is 4.63. The third-order valence-corrected chi connectivity index (χ3v) is 3.97. The van der Waals surface area contributed by atoms with Gasteiger partial charge in [-0.15, -0.1) is 0 Å². The van der Waals surface area contributed by atoms with Crippen LogP contribution in [-0.4, -0.2) is 19.7 Å². The lowest BCUT2D eigenvalue weighted by atomic mass is 10.1. The Morgan fingerprint density at radius 3 is 2.62 bits per heavy atom. The van der Waals surface area contributed by atoms with Gasteiger partial charge >= 0.3 is 0 Å². The first kappa shape index (κ1) is 12.7. The fourth-order valence-corrected chi connectivity index (χ4v) is 2.68. The van der Waals surface area contributed by atoms with Crippen LogP contribution in [0.1, 0.15) is 24.6 Å². The summed E-state index contributed by atoms with van der Waals surface area (Å²) in [6.07, 6.45) is 6.23. The van der Waals surface area contributed by atoms with Crippen LogP contribution < -0.4 is 0 Å². The van der Waals surface area contributed by atoms with Crippen LogP contribution in [0.25, 0.3) is 16.9 Å². The number of hydrogen-bond acceptors (Lipinski definition) is 3. The predicted molar refractivity (Wildman–Crippen MR) is 84.3 cm³/mol. The van der Waals surface area contributed by atoms with E-state index in [1.165, 1.54) is 12.8 Å². The Hall–Kier alpha value is -2.01. The average Bonchev–Trinajstić information content (AvgIpc) is 3.24. The van der Waals surface area contributed by atoms with Gasteiger partial charge in [-0.1, -0.05) is 30.3 Å². The third kappa shape index (κ3) is 2.61. The summed E-state index contributed by atoms with van der Waals surface area (Å²) >= 11 is 3.47. The molecule has 1 aromatic carbocycles. The summed E-state index contributed by atoms with van der Waals surface area (Å²) in [5.74, 6) is 2.24.